The Morgan fingerprint density at radius 3 is 2.75 bits per heavy atom. The highest BCUT2D eigenvalue weighted by Crippen LogP contribution is 2.31. The molecule has 0 aliphatic carbocycles. The molecule has 1 N–H and O–H groups in total. The third kappa shape index (κ3) is 2.35. The quantitative estimate of drug-likeness (QED) is 0.854. The fourth-order valence-corrected chi connectivity index (χ4v) is 2.83. The van der Waals surface area contributed by atoms with E-state index in [1.807, 2.05) is 0 Å². The number of β-amino-alcohol motifs (C(OH)–C–C–N with tert-alkyl or cyclic N) is 1. The highest BCUT2D eigenvalue weighted by atomic mass is 32.1. The fourth-order valence-electron chi connectivity index (χ4n) is 2.12. The van der Waals surface area contributed by atoms with Crippen LogP contribution in [0.5, 0.6) is 0 Å². The second-order valence-electron chi connectivity index (χ2n) is 4.57. The molecule has 1 fully saturated rings. The highest BCUT2D eigenvalue weighted by molar-refractivity contribution is 7.09. The van der Waals surface area contributed by atoms with E-state index in [9.17, 15) is 5.11 Å². The van der Waals surface area contributed by atoms with Crippen LogP contribution in [0.4, 0.5) is 5.13 Å². The average Bonchev–Trinajstić information content (AvgIpc) is 2.63. The molecular weight excluding hydrogens is 222 g/mol. The Bertz CT molecular complexity index is 347. The number of hydrogen-bond donors (Lipinski definition) is 1. The molecule has 1 aromatic heterocycles. The van der Waals surface area contributed by atoms with E-state index in [1.165, 1.54) is 11.5 Å². The summed E-state index contributed by atoms with van der Waals surface area (Å²) in [5.74, 6) is 0.938. The fraction of sp³-hybridized carbons (Fsp3) is 0.818. The Balaban J connectivity index is 1.90. The molecular formula is C11H19N3OS. The zero-order valence-corrected chi connectivity index (χ0v) is 10.8. The van der Waals surface area contributed by atoms with Gasteiger partial charge in [0.15, 0.2) is 0 Å². The lowest BCUT2D eigenvalue weighted by Crippen LogP contribution is -2.61. The van der Waals surface area contributed by atoms with Gasteiger partial charge in [-0.2, -0.15) is 4.37 Å². The van der Waals surface area contributed by atoms with E-state index < -0.39 is 5.60 Å². The standard InChI is InChI=1S/C11H19N3OS/c1-3-5-9-12-10(16-13-9)14-7-11(15,8-14)6-4-2/h15H,3-8H2,1-2H3. The molecule has 2 rings (SSSR count). The van der Waals surface area contributed by atoms with Crippen molar-refractivity contribution in [3.8, 4) is 0 Å². The predicted molar refractivity (Wildman–Crippen MR) is 66.0 cm³/mol. The van der Waals surface area contributed by atoms with Crippen LogP contribution in [0.15, 0.2) is 0 Å². The van der Waals surface area contributed by atoms with Crippen molar-refractivity contribution in [2.24, 2.45) is 0 Å². The molecule has 0 spiro atoms. The molecule has 1 aliphatic rings. The molecule has 0 aromatic carbocycles. The summed E-state index contributed by atoms with van der Waals surface area (Å²) in [4.78, 5) is 6.59. The number of hydrogen-bond acceptors (Lipinski definition) is 5. The molecule has 90 valence electrons. The first kappa shape index (κ1) is 11.8. The zero-order chi connectivity index (χ0) is 11.6. The lowest BCUT2D eigenvalue weighted by molar-refractivity contribution is 0.00337. The molecule has 16 heavy (non-hydrogen) atoms. The Hall–Kier alpha value is -0.680. The van der Waals surface area contributed by atoms with Gasteiger partial charge < -0.3 is 10.0 Å². The number of aliphatic hydroxyl groups is 1. The largest absolute Gasteiger partial charge is 0.386 e. The van der Waals surface area contributed by atoms with Crippen molar-refractivity contribution in [2.45, 2.75) is 45.1 Å². The van der Waals surface area contributed by atoms with E-state index in [2.05, 4.69) is 28.1 Å². The summed E-state index contributed by atoms with van der Waals surface area (Å²) in [6, 6.07) is 0. The van der Waals surface area contributed by atoms with Gasteiger partial charge in [-0.1, -0.05) is 20.3 Å². The normalized spacial score (nSPS) is 18.6. The van der Waals surface area contributed by atoms with E-state index in [-0.39, 0.29) is 0 Å². The highest BCUT2D eigenvalue weighted by Gasteiger charge is 2.41. The van der Waals surface area contributed by atoms with Crippen molar-refractivity contribution in [1.82, 2.24) is 9.36 Å². The van der Waals surface area contributed by atoms with Crippen LogP contribution in [-0.4, -0.2) is 33.2 Å². The molecule has 0 radical (unpaired) electrons. The average molecular weight is 241 g/mol. The summed E-state index contributed by atoms with van der Waals surface area (Å²) in [5.41, 5.74) is -0.481. The Morgan fingerprint density at radius 1 is 1.38 bits per heavy atom. The summed E-state index contributed by atoms with van der Waals surface area (Å²) in [7, 11) is 0. The van der Waals surface area contributed by atoms with Gasteiger partial charge in [0.25, 0.3) is 0 Å². The van der Waals surface area contributed by atoms with Crippen molar-refractivity contribution in [3.63, 3.8) is 0 Å². The molecule has 0 saturated carbocycles. The van der Waals surface area contributed by atoms with Crippen molar-refractivity contribution >= 4 is 16.7 Å². The van der Waals surface area contributed by atoms with Gasteiger partial charge in [0.2, 0.25) is 5.13 Å². The maximum absolute atomic E-state index is 10.1. The van der Waals surface area contributed by atoms with Crippen LogP contribution in [0.3, 0.4) is 0 Å². The number of anilines is 1. The van der Waals surface area contributed by atoms with Crippen LogP contribution < -0.4 is 4.90 Å². The van der Waals surface area contributed by atoms with Crippen molar-refractivity contribution < 1.29 is 5.11 Å². The maximum Gasteiger partial charge on any atom is 0.205 e. The van der Waals surface area contributed by atoms with Crippen molar-refractivity contribution in [2.75, 3.05) is 18.0 Å². The van der Waals surface area contributed by atoms with E-state index in [0.29, 0.717) is 13.1 Å². The molecule has 1 saturated heterocycles. The summed E-state index contributed by atoms with van der Waals surface area (Å²) in [5, 5.41) is 11.0. The van der Waals surface area contributed by atoms with Gasteiger partial charge in [0.1, 0.15) is 5.82 Å². The Labute approximate surface area is 100 Å². The number of aromatic nitrogens is 2. The lowest BCUT2D eigenvalue weighted by atomic mass is 9.90. The van der Waals surface area contributed by atoms with Crippen LogP contribution in [0.1, 0.15) is 38.9 Å². The topological polar surface area (TPSA) is 49.2 Å². The molecule has 0 unspecified atom stereocenters. The van der Waals surface area contributed by atoms with Gasteiger partial charge >= 0.3 is 0 Å². The minimum Gasteiger partial charge on any atom is -0.386 e. The summed E-state index contributed by atoms with van der Waals surface area (Å²) < 4.78 is 4.31. The summed E-state index contributed by atoms with van der Waals surface area (Å²) in [6.07, 6.45) is 3.94. The van der Waals surface area contributed by atoms with Gasteiger partial charge in [0.05, 0.1) is 18.7 Å². The monoisotopic (exact) mass is 241 g/mol. The van der Waals surface area contributed by atoms with E-state index >= 15 is 0 Å². The summed E-state index contributed by atoms with van der Waals surface area (Å²) >= 11 is 1.45. The molecule has 0 amide bonds. The van der Waals surface area contributed by atoms with Crippen LogP contribution in [0.25, 0.3) is 0 Å². The third-order valence-electron chi connectivity index (χ3n) is 2.89. The maximum atomic E-state index is 10.1. The van der Waals surface area contributed by atoms with Gasteiger partial charge in [-0.05, 0) is 12.8 Å². The van der Waals surface area contributed by atoms with E-state index in [1.54, 1.807) is 0 Å². The second kappa shape index (κ2) is 4.67. The molecule has 0 bridgehead atoms. The molecule has 0 atom stereocenters. The van der Waals surface area contributed by atoms with Gasteiger partial charge in [-0.3, -0.25) is 0 Å². The smallest absolute Gasteiger partial charge is 0.205 e. The molecule has 1 aromatic rings. The lowest BCUT2D eigenvalue weighted by Gasteiger charge is -2.46. The first-order valence-electron chi connectivity index (χ1n) is 5.97. The second-order valence-corrected chi connectivity index (χ2v) is 5.30. The van der Waals surface area contributed by atoms with Gasteiger partial charge in [0, 0.05) is 18.0 Å². The van der Waals surface area contributed by atoms with Crippen LogP contribution >= 0.6 is 11.5 Å². The molecule has 2 heterocycles. The van der Waals surface area contributed by atoms with Gasteiger partial charge in [-0.15, -0.1) is 0 Å². The minimum absolute atomic E-state index is 0.481. The Kier molecular flexibility index (Phi) is 3.44. The van der Waals surface area contributed by atoms with Gasteiger partial charge in [-0.25, -0.2) is 4.98 Å². The first-order chi connectivity index (χ1) is 7.67. The predicted octanol–water partition coefficient (Wildman–Crippen LogP) is 1.84. The van der Waals surface area contributed by atoms with E-state index in [0.717, 1.165) is 36.6 Å². The molecule has 4 nitrogen and oxygen atoms in total. The number of aryl methyl sites for hydroxylation is 1. The van der Waals surface area contributed by atoms with Crippen LogP contribution in [-0.2, 0) is 6.42 Å². The van der Waals surface area contributed by atoms with Crippen LogP contribution in [0, 0.1) is 0 Å². The number of rotatable bonds is 5. The van der Waals surface area contributed by atoms with Crippen molar-refractivity contribution in [3.05, 3.63) is 5.82 Å². The third-order valence-corrected chi connectivity index (χ3v) is 3.70. The summed E-state index contributed by atoms with van der Waals surface area (Å²) in [6.45, 7) is 5.65. The zero-order valence-electron chi connectivity index (χ0n) is 9.94. The molecule has 5 heteroatoms. The Morgan fingerprint density at radius 2 is 2.12 bits per heavy atom. The van der Waals surface area contributed by atoms with Crippen molar-refractivity contribution in [1.29, 1.82) is 0 Å². The minimum atomic E-state index is -0.481. The number of nitrogens with zero attached hydrogens (tertiary/aromatic N) is 3. The van der Waals surface area contributed by atoms with E-state index in [4.69, 9.17) is 0 Å². The SMILES string of the molecule is CCCc1nsc(N2CC(O)(CCC)C2)n1. The van der Waals surface area contributed by atoms with Crippen LogP contribution in [0.2, 0.25) is 0 Å². The molecule has 1 aliphatic heterocycles. The first-order valence-corrected chi connectivity index (χ1v) is 6.74.